The second-order valence-electron chi connectivity index (χ2n) is 2.71. The van der Waals surface area contributed by atoms with Gasteiger partial charge in [0.2, 0.25) is 0 Å². The summed E-state index contributed by atoms with van der Waals surface area (Å²) < 4.78 is 0. The molecule has 0 radical (unpaired) electrons. The normalized spacial score (nSPS) is 11.9. The van der Waals surface area contributed by atoms with E-state index in [2.05, 4.69) is 22.4 Å². The number of carbonyl (C=O) groups excluding carboxylic acids is 2. The van der Waals surface area contributed by atoms with Crippen molar-refractivity contribution in [1.29, 1.82) is 0 Å². The van der Waals surface area contributed by atoms with Gasteiger partial charge in [-0.15, -0.1) is 0 Å². The Morgan fingerprint density at radius 3 is 2.31 bits per heavy atom. The van der Waals surface area contributed by atoms with Gasteiger partial charge in [-0.1, -0.05) is 13.8 Å². The van der Waals surface area contributed by atoms with Crippen LogP contribution in [0.15, 0.2) is 0 Å². The molecule has 0 bridgehead atoms. The highest BCUT2D eigenvalue weighted by atomic mass is 32.1. The minimum atomic E-state index is -0.577. The molecule has 1 unspecified atom stereocenters. The summed E-state index contributed by atoms with van der Waals surface area (Å²) in [5, 5.41) is -0.0997. The van der Waals surface area contributed by atoms with E-state index in [1.54, 1.807) is 6.92 Å². The zero-order valence-corrected chi connectivity index (χ0v) is 8.67. The lowest BCUT2D eigenvalue weighted by Gasteiger charge is -2.03. The van der Waals surface area contributed by atoms with E-state index in [9.17, 15) is 9.59 Å². The molecule has 13 heavy (non-hydrogen) atoms. The summed E-state index contributed by atoms with van der Waals surface area (Å²) >= 11 is 3.98. The fourth-order valence-electron chi connectivity index (χ4n) is 0.614. The van der Waals surface area contributed by atoms with Crippen LogP contribution in [-0.2, 0) is 19.4 Å². The molecule has 0 N–H and O–H groups in total. The molecule has 0 saturated carbocycles. The van der Waals surface area contributed by atoms with Crippen LogP contribution in [0.2, 0.25) is 0 Å². The van der Waals surface area contributed by atoms with Gasteiger partial charge >= 0.3 is 11.9 Å². The maximum absolute atomic E-state index is 10.8. The first-order chi connectivity index (χ1) is 6.06. The minimum Gasteiger partial charge on any atom is -0.247 e. The van der Waals surface area contributed by atoms with Gasteiger partial charge in [0.05, 0.1) is 6.42 Å². The second kappa shape index (κ2) is 6.77. The molecule has 0 heterocycles. The molecule has 0 amide bonds. The monoisotopic (exact) mass is 206 g/mol. The van der Waals surface area contributed by atoms with Crippen molar-refractivity contribution in [2.24, 2.45) is 0 Å². The van der Waals surface area contributed by atoms with Gasteiger partial charge in [-0.05, 0) is 6.42 Å². The molecule has 0 aliphatic carbocycles. The average Bonchev–Trinajstić information content (AvgIpc) is 2.00. The van der Waals surface area contributed by atoms with Crippen LogP contribution in [0, 0.1) is 0 Å². The molecule has 76 valence electrons. The quantitative estimate of drug-likeness (QED) is 0.430. The van der Waals surface area contributed by atoms with Crippen LogP contribution in [0.1, 0.15) is 33.1 Å². The minimum absolute atomic E-state index is 0.0997. The van der Waals surface area contributed by atoms with Gasteiger partial charge in [-0.2, -0.15) is 12.6 Å². The lowest BCUT2D eigenvalue weighted by Crippen LogP contribution is -2.13. The predicted octanol–water partition coefficient (Wildman–Crippen LogP) is 1.50. The first kappa shape index (κ1) is 12.3. The summed E-state index contributed by atoms with van der Waals surface area (Å²) in [6.07, 6.45) is 1.05. The molecule has 5 heteroatoms. The van der Waals surface area contributed by atoms with Gasteiger partial charge in [0.1, 0.15) is 0 Å². The molecule has 0 spiro atoms. The third-order valence-electron chi connectivity index (χ3n) is 1.14. The molecule has 0 aliphatic rings. The maximum Gasteiger partial charge on any atom is 0.356 e. The van der Waals surface area contributed by atoms with Crippen molar-refractivity contribution in [3.05, 3.63) is 0 Å². The van der Waals surface area contributed by atoms with Crippen molar-refractivity contribution in [1.82, 2.24) is 0 Å². The third-order valence-corrected chi connectivity index (χ3v) is 1.33. The largest absolute Gasteiger partial charge is 0.356 e. The van der Waals surface area contributed by atoms with Crippen LogP contribution < -0.4 is 0 Å². The maximum atomic E-state index is 10.8. The van der Waals surface area contributed by atoms with E-state index >= 15 is 0 Å². The van der Waals surface area contributed by atoms with Crippen LogP contribution in [-0.4, -0.2) is 17.2 Å². The first-order valence-corrected chi connectivity index (χ1v) is 4.66. The molecule has 4 nitrogen and oxygen atoms in total. The van der Waals surface area contributed by atoms with E-state index in [-0.39, 0.29) is 18.1 Å². The lowest BCUT2D eigenvalue weighted by atomic mass is 10.3. The van der Waals surface area contributed by atoms with Crippen molar-refractivity contribution < 1.29 is 19.4 Å². The van der Waals surface area contributed by atoms with E-state index in [1.165, 1.54) is 0 Å². The standard InChI is InChI=1S/C8H14O4S/c1-3-4-7(9)11-12-8(10)5-6(2)13/h6,13H,3-5H2,1-2H3. The molecule has 0 saturated heterocycles. The Hall–Kier alpha value is -0.710. The molecular weight excluding hydrogens is 192 g/mol. The molecule has 0 aromatic heterocycles. The van der Waals surface area contributed by atoms with Gasteiger partial charge in [-0.25, -0.2) is 19.4 Å². The molecule has 0 fully saturated rings. The Bertz CT molecular complexity index is 179. The van der Waals surface area contributed by atoms with Crippen molar-refractivity contribution in [2.45, 2.75) is 38.4 Å². The van der Waals surface area contributed by atoms with E-state index < -0.39 is 11.9 Å². The smallest absolute Gasteiger partial charge is 0.247 e. The second-order valence-corrected chi connectivity index (χ2v) is 3.60. The Labute approximate surface area is 82.9 Å². The highest BCUT2D eigenvalue weighted by Gasteiger charge is 2.10. The van der Waals surface area contributed by atoms with Gasteiger partial charge in [-0.3, -0.25) is 0 Å². The highest BCUT2D eigenvalue weighted by Crippen LogP contribution is 2.01. The number of hydrogen-bond acceptors (Lipinski definition) is 5. The predicted molar refractivity (Wildman–Crippen MR) is 50.2 cm³/mol. The van der Waals surface area contributed by atoms with Gasteiger partial charge in [0, 0.05) is 11.7 Å². The van der Waals surface area contributed by atoms with Gasteiger partial charge < -0.3 is 0 Å². The van der Waals surface area contributed by atoms with E-state index in [4.69, 9.17) is 0 Å². The number of thiol groups is 1. The van der Waals surface area contributed by atoms with Gasteiger partial charge in [0.15, 0.2) is 0 Å². The molecule has 1 atom stereocenters. The van der Waals surface area contributed by atoms with Crippen molar-refractivity contribution >= 4 is 24.6 Å². The van der Waals surface area contributed by atoms with Crippen LogP contribution in [0.5, 0.6) is 0 Å². The number of rotatable bonds is 4. The molecule has 0 aliphatic heterocycles. The van der Waals surface area contributed by atoms with Crippen molar-refractivity contribution in [2.75, 3.05) is 0 Å². The van der Waals surface area contributed by atoms with Gasteiger partial charge in [0.25, 0.3) is 0 Å². The zero-order valence-electron chi connectivity index (χ0n) is 7.78. The zero-order chi connectivity index (χ0) is 10.3. The average molecular weight is 206 g/mol. The molecule has 0 aromatic carbocycles. The van der Waals surface area contributed by atoms with Crippen LogP contribution in [0.25, 0.3) is 0 Å². The fraction of sp³-hybridized carbons (Fsp3) is 0.750. The van der Waals surface area contributed by atoms with E-state index in [0.29, 0.717) is 6.42 Å². The summed E-state index contributed by atoms with van der Waals surface area (Å²) in [5.74, 6) is -1.10. The summed E-state index contributed by atoms with van der Waals surface area (Å²) in [6, 6.07) is 0. The topological polar surface area (TPSA) is 52.6 Å². The fourth-order valence-corrected chi connectivity index (χ4v) is 0.763. The third kappa shape index (κ3) is 7.64. The van der Waals surface area contributed by atoms with Crippen LogP contribution in [0.4, 0.5) is 0 Å². The Kier molecular flexibility index (Phi) is 6.40. The molecule has 0 aromatic rings. The van der Waals surface area contributed by atoms with E-state index in [1.807, 2.05) is 6.92 Å². The van der Waals surface area contributed by atoms with Crippen LogP contribution >= 0.6 is 12.6 Å². The number of carbonyl (C=O) groups is 2. The Morgan fingerprint density at radius 1 is 1.31 bits per heavy atom. The van der Waals surface area contributed by atoms with Crippen molar-refractivity contribution in [3.8, 4) is 0 Å². The summed E-state index contributed by atoms with van der Waals surface area (Å²) in [4.78, 5) is 30.0. The lowest BCUT2D eigenvalue weighted by molar-refractivity contribution is -0.259. The van der Waals surface area contributed by atoms with Crippen LogP contribution in [0.3, 0.4) is 0 Å². The number of hydrogen-bond donors (Lipinski definition) is 1. The highest BCUT2D eigenvalue weighted by molar-refractivity contribution is 7.80. The summed E-state index contributed by atoms with van der Waals surface area (Å²) in [6.45, 7) is 3.58. The van der Waals surface area contributed by atoms with E-state index in [0.717, 1.165) is 0 Å². The summed E-state index contributed by atoms with van der Waals surface area (Å²) in [7, 11) is 0. The SMILES string of the molecule is CCCC(=O)OOC(=O)CC(C)S. The first-order valence-electron chi connectivity index (χ1n) is 4.14. The molecule has 0 rings (SSSR count). The Balaban J connectivity index is 3.52. The van der Waals surface area contributed by atoms with Crippen molar-refractivity contribution in [3.63, 3.8) is 0 Å². The molecular formula is C8H14O4S. The summed E-state index contributed by atoms with van der Waals surface area (Å²) in [5.41, 5.74) is 0. The Morgan fingerprint density at radius 2 is 1.85 bits per heavy atom.